The molecule has 19 heavy (non-hydrogen) atoms. The predicted molar refractivity (Wildman–Crippen MR) is 78.3 cm³/mol. The van der Waals surface area contributed by atoms with Gasteiger partial charge in [-0.15, -0.1) is 11.3 Å². The van der Waals surface area contributed by atoms with E-state index in [9.17, 15) is 4.79 Å². The smallest absolute Gasteiger partial charge is 0.266 e. The Morgan fingerprint density at radius 2 is 2.00 bits per heavy atom. The minimum absolute atomic E-state index is 0.0597. The molecule has 4 heteroatoms. The number of carbonyl (C=O) groups excluding carboxylic acids is 1. The van der Waals surface area contributed by atoms with Gasteiger partial charge in [0.1, 0.15) is 4.88 Å². The number of rotatable bonds is 4. The quantitative estimate of drug-likeness (QED) is 0.855. The zero-order valence-electron chi connectivity index (χ0n) is 11.5. The number of hydrogen-bond acceptors (Lipinski definition) is 3. The predicted octanol–water partition coefficient (Wildman–Crippen LogP) is 3.50. The Hall–Kier alpha value is -1.68. The number of thiazole rings is 1. The maximum atomic E-state index is 12.5. The van der Waals surface area contributed by atoms with Crippen LogP contribution in [-0.2, 0) is 6.54 Å². The minimum Gasteiger partial charge on any atom is -0.331 e. The van der Waals surface area contributed by atoms with Crippen molar-refractivity contribution in [2.75, 3.05) is 0 Å². The SMILES string of the molecule is Cc1ncc(C(=O)N(Cc2ccccc2)C(C)C)s1. The van der Waals surface area contributed by atoms with Gasteiger partial charge in [0.2, 0.25) is 0 Å². The van der Waals surface area contributed by atoms with E-state index in [4.69, 9.17) is 0 Å². The summed E-state index contributed by atoms with van der Waals surface area (Å²) in [7, 11) is 0. The lowest BCUT2D eigenvalue weighted by Gasteiger charge is -2.26. The van der Waals surface area contributed by atoms with E-state index in [0.29, 0.717) is 11.4 Å². The van der Waals surface area contributed by atoms with Crippen molar-refractivity contribution in [3.63, 3.8) is 0 Å². The molecule has 2 aromatic rings. The van der Waals surface area contributed by atoms with E-state index in [1.54, 1.807) is 6.20 Å². The van der Waals surface area contributed by atoms with Gasteiger partial charge in [-0.25, -0.2) is 4.98 Å². The maximum Gasteiger partial charge on any atom is 0.266 e. The Kier molecular flexibility index (Phi) is 4.32. The van der Waals surface area contributed by atoms with Crippen LogP contribution in [0.5, 0.6) is 0 Å². The van der Waals surface area contributed by atoms with Gasteiger partial charge in [-0.05, 0) is 26.3 Å². The van der Waals surface area contributed by atoms with E-state index in [1.807, 2.05) is 56.0 Å². The van der Waals surface area contributed by atoms with E-state index < -0.39 is 0 Å². The molecule has 0 atom stereocenters. The second-order valence-electron chi connectivity index (χ2n) is 4.76. The highest BCUT2D eigenvalue weighted by atomic mass is 32.1. The van der Waals surface area contributed by atoms with E-state index in [0.717, 1.165) is 10.6 Å². The molecular formula is C15H18N2OS. The summed E-state index contributed by atoms with van der Waals surface area (Å²) < 4.78 is 0. The van der Waals surface area contributed by atoms with Crippen LogP contribution in [0.15, 0.2) is 36.5 Å². The number of benzene rings is 1. The standard InChI is InChI=1S/C15H18N2OS/c1-11(2)17(10-13-7-5-4-6-8-13)15(18)14-9-16-12(3)19-14/h4-9,11H,10H2,1-3H3. The molecule has 0 bridgehead atoms. The zero-order chi connectivity index (χ0) is 13.8. The van der Waals surface area contributed by atoms with E-state index >= 15 is 0 Å². The van der Waals surface area contributed by atoms with Crippen molar-refractivity contribution in [2.24, 2.45) is 0 Å². The average molecular weight is 274 g/mol. The Labute approximate surface area is 117 Å². The van der Waals surface area contributed by atoms with Gasteiger partial charge in [-0.2, -0.15) is 0 Å². The first kappa shape index (κ1) is 13.7. The fraction of sp³-hybridized carbons (Fsp3) is 0.333. The highest BCUT2D eigenvalue weighted by Gasteiger charge is 2.20. The number of aryl methyl sites for hydroxylation is 1. The van der Waals surface area contributed by atoms with Crippen molar-refractivity contribution in [3.05, 3.63) is 52.0 Å². The second-order valence-corrected chi connectivity index (χ2v) is 5.99. The van der Waals surface area contributed by atoms with Crippen molar-refractivity contribution in [3.8, 4) is 0 Å². The molecule has 1 heterocycles. The van der Waals surface area contributed by atoms with Crippen LogP contribution in [0.4, 0.5) is 0 Å². The van der Waals surface area contributed by atoms with Crippen LogP contribution in [0.1, 0.15) is 34.1 Å². The minimum atomic E-state index is 0.0597. The molecule has 0 fully saturated rings. The first-order chi connectivity index (χ1) is 9.08. The van der Waals surface area contributed by atoms with Gasteiger partial charge in [-0.3, -0.25) is 4.79 Å². The molecule has 0 aliphatic rings. The number of hydrogen-bond donors (Lipinski definition) is 0. The van der Waals surface area contributed by atoms with Gasteiger partial charge in [0.15, 0.2) is 0 Å². The lowest BCUT2D eigenvalue weighted by Crippen LogP contribution is -2.35. The zero-order valence-corrected chi connectivity index (χ0v) is 12.3. The molecule has 2 rings (SSSR count). The van der Waals surface area contributed by atoms with Gasteiger partial charge in [0.05, 0.1) is 11.2 Å². The summed E-state index contributed by atoms with van der Waals surface area (Å²) in [6.07, 6.45) is 1.67. The van der Waals surface area contributed by atoms with Gasteiger partial charge in [0.25, 0.3) is 5.91 Å². The van der Waals surface area contributed by atoms with Crippen LogP contribution in [0.2, 0.25) is 0 Å². The number of nitrogens with zero attached hydrogens (tertiary/aromatic N) is 2. The van der Waals surface area contributed by atoms with Crippen molar-refractivity contribution < 1.29 is 4.79 Å². The van der Waals surface area contributed by atoms with Crippen LogP contribution >= 0.6 is 11.3 Å². The van der Waals surface area contributed by atoms with Crippen LogP contribution < -0.4 is 0 Å². The van der Waals surface area contributed by atoms with E-state index in [-0.39, 0.29) is 11.9 Å². The highest BCUT2D eigenvalue weighted by Crippen LogP contribution is 2.18. The van der Waals surface area contributed by atoms with E-state index in [1.165, 1.54) is 11.3 Å². The van der Waals surface area contributed by atoms with Gasteiger partial charge in [-0.1, -0.05) is 30.3 Å². The molecule has 0 saturated carbocycles. The molecule has 0 aliphatic heterocycles. The van der Waals surface area contributed by atoms with Gasteiger partial charge < -0.3 is 4.90 Å². The molecule has 1 aromatic carbocycles. The molecule has 1 amide bonds. The van der Waals surface area contributed by atoms with Crippen LogP contribution in [0, 0.1) is 6.92 Å². The molecule has 0 unspecified atom stereocenters. The molecule has 0 spiro atoms. The van der Waals surface area contributed by atoms with Crippen molar-refractivity contribution in [2.45, 2.75) is 33.4 Å². The summed E-state index contributed by atoms with van der Waals surface area (Å²) in [4.78, 5) is 19.2. The summed E-state index contributed by atoms with van der Waals surface area (Å²) >= 11 is 1.45. The van der Waals surface area contributed by atoms with Crippen LogP contribution in [-0.4, -0.2) is 21.8 Å². The summed E-state index contributed by atoms with van der Waals surface area (Å²) in [5.74, 6) is 0.0597. The molecule has 100 valence electrons. The maximum absolute atomic E-state index is 12.5. The number of aromatic nitrogens is 1. The third kappa shape index (κ3) is 3.41. The van der Waals surface area contributed by atoms with Crippen molar-refractivity contribution >= 4 is 17.2 Å². The Morgan fingerprint density at radius 1 is 1.32 bits per heavy atom. The molecule has 0 aliphatic carbocycles. The largest absolute Gasteiger partial charge is 0.331 e. The molecular weight excluding hydrogens is 256 g/mol. The summed E-state index contributed by atoms with van der Waals surface area (Å²) in [6.45, 7) is 6.62. The van der Waals surface area contributed by atoms with Gasteiger partial charge in [0, 0.05) is 12.6 Å². The third-order valence-corrected chi connectivity index (χ3v) is 3.81. The fourth-order valence-corrected chi connectivity index (χ4v) is 2.60. The van der Waals surface area contributed by atoms with Crippen molar-refractivity contribution in [1.82, 2.24) is 9.88 Å². The number of carbonyl (C=O) groups is 1. The lowest BCUT2D eigenvalue weighted by molar-refractivity contribution is 0.0695. The normalized spacial score (nSPS) is 10.7. The second kappa shape index (κ2) is 5.97. The first-order valence-electron chi connectivity index (χ1n) is 6.35. The Balaban J connectivity index is 2.19. The van der Waals surface area contributed by atoms with Crippen LogP contribution in [0.25, 0.3) is 0 Å². The van der Waals surface area contributed by atoms with E-state index in [2.05, 4.69) is 4.98 Å². The van der Waals surface area contributed by atoms with Gasteiger partial charge >= 0.3 is 0 Å². The Bertz CT molecular complexity index is 548. The van der Waals surface area contributed by atoms with Crippen LogP contribution in [0.3, 0.4) is 0 Å². The Morgan fingerprint density at radius 3 is 2.53 bits per heavy atom. The highest BCUT2D eigenvalue weighted by molar-refractivity contribution is 7.13. The monoisotopic (exact) mass is 274 g/mol. The molecule has 1 aromatic heterocycles. The first-order valence-corrected chi connectivity index (χ1v) is 7.17. The molecule has 3 nitrogen and oxygen atoms in total. The lowest BCUT2D eigenvalue weighted by atomic mass is 10.2. The third-order valence-electron chi connectivity index (χ3n) is 2.91. The molecule has 0 saturated heterocycles. The summed E-state index contributed by atoms with van der Waals surface area (Å²) in [5.41, 5.74) is 1.14. The topological polar surface area (TPSA) is 33.2 Å². The fourth-order valence-electron chi connectivity index (χ4n) is 1.87. The molecule has 0 radical (unpaired) electrons. The van der Waals surface area contributed by atoms with Crippen molar-refractivity contribution in [1.29, 1.82) is 0 Å². The summed E-state index contributed by atoms with van der Waals surface area (Å²) in [5, 5.41) is 0.923. The number of amides is 1. The average Bonchev–Trinajstić information content (AvgIpc) is 2.83. The molecule has 0 N–H and O–H groups in total. The summed E-state index contributed by atoms with van der Waals surface area (Å²) in [6, 6.07) is 10.2.